The van der Waals surface area contributed by atoms with Crippen LogP contribution >= 0.6 is 0 Å². The fourth-order valence-electron chi connectivity index (χ4n) is 3.11. The third-order valence-corrected chi connectivity index (χ3v) is 4.67. The van der Waals surface area contributed by atoms with Crippen LogP contribution in [-0.2, 0) is 9.59 Å². The summed E-state index contributed by atoms with van der Waals surface area (Å²) in [5.74, 6) is -0.729. The number of para-hydroxylation sites is 2. The number of nitrogens with zero attached hydrogens (tertiary/aromatic N) is 2. The molecule has 3 rings (SSSR count). The predicted octanol–water partition coefficient (Wildman–Crippen LogP) is 2.15. The number of hydrogen-bond donors (Lipinski definition) is 2. The van der Waals surface area contributed by atoms with Crippen molar-refractivity contribution in [1.29, 1.82) is 0 Å². The molecule has 0 aliphatic carbocycles. The first-order valence-corrected chi connectivity index (χ1v) is 9.46. The predicted molar refractivity (Wildman–Crippen MR) is 116 cm³/mol. The SMILES string of the molecule is COc1ccccc1NC(=O)CN1C(=O)N/C(=C/c2cc(OC)c(OC)cc2[N+](=O)[O-])C1=O. The highest BCUT2D eigenvalue weighted by Crippen LogP contribution is 2.35. The molecular weight excluding hydrogens is 436 g/mol. The highest BCUT2D eigenvalue weighted by molar-refractivity contribution is 6.16. The Hall–Kier alpha value is -4.61. The van der Waals surface area contributed by atoms with Crippen LogP contribution in [0.3, 0.4) is 0 Å². The Labute approximate surface area is 187 Å². The molecule has 0 bridgehead atoms. The number of methoxy groups -OCH3 is 3. The van der Waals surface area contributed by atoms with Crippen LogP contribution in [0.25, 0.3) is 6.08 Å². The van der Waals surface area contributed by atoms with E-state index in [0.717, 1.165) is 12.1 Å². The lowest BCUT2D eigenvalue weighted by atomic mass is 10.1. The smallest absolute Gasteiger partial charge is 0.329 e. The number of hydrogen-bond acceptors (Lipinski definition) is 8. The number of rotatable bonds is 8. The highest BCUT2D eigenvalue weighted by Gasteiger charge is 2.35. The molecule has 4 amide bonds. The summed E-state index contributed by atoms with van der Waals surface area (Å²) in [5.41, 5.74) is -0.231. The largest absolute Gasteiger partial charge is 0.495 e. The first-order valence-electron chi connectivity index (χ1n) is 9.46. The summed E-state index contributed by atoms with van der Waals surface area (Å²) >= 11 is 0. The van der Waals surface area contributed by atoms with Crippen molar-refractivity contribution in [2.45, 2.75) is 0 Å². The Balaban J connectivity index is 1.84. The average molecular weight is 456 g/mol. The number of imide groups is 1. The number of benzene rings is 2. The van der Waals surface area contributed by atoms with Gasteiger partial charge in [0.25, 0.3) is 11.6 Å². The van der Waals surface area contributed by atoms with Crippen LogP contribution in [0.15, 0.2) is 42.1 Å². The highest BCUT2D eigenvalue weighted by atomic mass is 16.6. The lowest BCUT2D eigenvalue weighted by Crippen LogP contribution is -2.38. The molecule has 172 valence electrons. The van der Waals surface area contributed by atoms with E-state index in [4.69, 9.17) is 14.2 Å². The minimum atomic E-state index is -0.843. The van der Waals surface area contributed by atoms with Gasteiger partial charge in [-0.25, -0.2) is 9.69 Å². The maximum absolute atomic E-state index is 12.7. The van der Waals surface area contributed by atoms with Crippen molar-refractivity contribution in [2.24, 2.45) is 0 Å². The van der Waals surface area contributed by atoms with Crippen molar-refractivity contribution in [3.05, 3.63) is 57.8 Å². The van der Waals surface area contributed by atoms with Crippen molar-refractivity contribution in [3.8, 4) is 17.2 Å². The number of anilines is 1. The molecule has 2 aromatic rings. The van der Waals surface area contributed by atoms with Crippen LogP contribution in [0.4, 0.5) is 16.2 Å². The van der Waals surface area contributed by atoms with Gasteiger partial charge in [-0.3, -0.25) is 19.7 Å². The Morgan fingerprint density at radius 3 is 2.36 bits per heavy atom. The van der Waals surface area contributed by atoms with E-state index in [1.807, 2.05) is 0 Å². The molecule has 2 N–H and O–H groups in total. The number of amides is 4. The van der Waals surface area contributed by atoms with Gasteiger partial charge in [0.05, 0.1) is 43.6 Å². The van der Waals surface area contributed by atoms with Crippen LogP contribution < -0.4 is 24.8 Å². The maximum Gasteiger partial charge on any atom is 0.329 e. The average Bonchev–Trinajstić information content (AvgIpc) is 3.06. The fraction of sp³-hybridized carbons (Fsp3) is 0.190. The van der Waals surface area contributed by atoms with Crippen molar-refractivity contribution >= 4 is 35.3 Å². The van der Waals surface area contributed by atoms with Gasteiger partial charge >= 0.3 is 6.03 Å². The van der Waals surface area contributed by atoms with Gasteiger partial charge in [-0.05, 0) is 24.3 Å². The molecule has 0 radical (unpaired) electrons. The second kappa shape index (κ2) is 9.68. The number of urea groups is 1. The zero-order chi connectivity index (χ0) is 24.1. The summed E-state index contributed by atoms with van der Waals surface area (Å²) in [4.78, 5) is 49.0. The Morgan fingerprint density at radius 1 is 1.09 bits per heavy atom. The second-order valence-electron chi connectivity index (χ2n) is 6.65. The Bertz CT molecular complexity index is 1160. The van der Waals surface area contributed by atoms with Crippen molar-refractivity contribution in [3.63, 3.8) is 0 Å². The molecule has 0 aromatic heterocycles. The van der Waals surface area contributed by atoms with E-state index in [1.165, 1.54) is 27.4 Å². The molecule has 1 fully saturated rings. The van der Waals surface area contributed by atoms with Crippen LogP contribution in [0.2, 0.25) is 0 Å². The molecular formula is C21H20N4O8. The zero-order valence-corrected chi connectivity index (χ0v) is 17.9. The number of nitro benzene ring substituents is 1. The first kappa shape index (κ1) is 23.1. The summed E-state index contributed by atoms with van der Waals surface area (Å²) in [7, 11) is 4.12. The Kier molecular flexibility index (Phi) is 6.77. The molecule has 12 nitrogen and oxygen atoms in total. The van der Waals surface area contributed by atoms with Crippen LogP contribution in [0.5, 0.6) is 17.2 Å². The summed E-state index contributed by atoms with van der Waals surface area (Å²) in [6.07, 6.45) is 1.14. The molecule has 0 saturated carbocycles. The van der Waals surface area contributed by atoms with Crippen LogP contribution in [0.1, 0.15) is 5.56 Å². The second-order valence-corrected chi connectivity index (χ2v) is 6.65. The summed E-state index contributed by atoms with van der Waals surface area (Å²) in [6.45, 7) is -0.575. The molecule has 0 atom stereocenters. The topological polar surface area (TPSA) is 149 Å². The third-order valence-electron chi connectivity index (χ3n) is 4.67. The minimum Gasteiger partial charge on any atom is -0.495 e. The van der Waals surface area contributed by atoms with Gasteiger partial charge in [0.2, 0.25) is 5.91 Å². The first-order chi connectivity index (χ1) is 15.8. The molecule has 0 unspecified atom stereocenters. The number of ether oxygens (including phenoxy) is 3. The van der Waals surface area contributed by atoms with Crippen molar-refractivity contribution in [2.75, 3.05) is 33.2 Å². The standard InChI is InChI=1S/C21H20N4O8/c1-31-16-7-5-4-6-13(16)22-19(26)11-24-20(27)14(23-21(24)28)8-12-9-17(32-2)18(33-3)10-15(12)25(29)30/h4-10H,11H2,1-3H3,(H,22,26)(H,23,28)/b14-8+. The van der Waals surface area contributed by atoms with Gasteiger partial charge in [-0.15, -0.1) is 0 Å². The van der Waals surface area contributed by atoms with E-state index < -0.39 is 29.3 Å². The molecule has 1 aliphatic rings. The molecule has 0 spiro atoms. The van der Waals surface area contributed by atoms with Crippen molar-refractivity contribution < 1.29 is 33.5 Å². The van der Waals surface area contributed by atoms with Gasteiger partial charge in [-0.2, -0.15) is 0 Å². The normalized spacial score (nSPS) is 14.2. The number of nitro groups is 1. The fourth-order valence-corrected chi connectivity index (χ4v) is 3.11. The summed E-state index contributed by atoms with van der Waals surface area (Å²) in [5, 5.41) is 16.4. The van der Waals surface area contributed by atoms with E-state index in [0.29, 0.717) is 16.3 Å². The van der Waals surface area contributed by atoms with E-state index in [9.17, 15) is 24.5 Å². The number of nitrogens with one attached hydrogen (secondary N) is 2. The van der Waals surface area contributed by atoms with E-state index in [2.05, 4.69) is 10.6 Å². The molecule has 1 heterocycles. The third kappa shape index (κ3) is 4.84. The summed E-state index contributed by atoms with van der Waals surface area (Å²) < 4.78 is 15.4. The molecule has 1 saturated heterocycles. The number of carbonyl (C=O) groups excluding carboxylic acids is 3. The Morgan fingerprint density at radius 2 is 1.73 bits per heavy atom. The summed E-state index contributed by atoms with van der Waals surface area (Å²) in [6, 6.07) is 8.25. The van der Waals surface area contributed by atoms with Crippen LogP contribution in [-0.4, -0.2) is 55.5 Å². The van der Waals surface area contributed by atoms with Crippen molar-refractivity contribution in [1.82, 2.24) is 10.2 Å². The van der Waals surface area contributed by atoms with Gasteiger partial charge in [-0.1, -0.05) is 12.1 Å². The van der Waals surface area contributed by atoms with Gasteiger partial charge in [0, 0.05) is 0 Å². The maximum atomic E-state index is 12.7. The monoisotopic (exact) mass is 456 g/mol. The van der Waals surface area contributed by atoms with Gasteiger partial charge in [0.1, 0.15) is 18.0 Å². The molecule has 12 heteroatoms. The molecule has 2 aromatic carbocycles. The van der Waals surface area contributed by atoms with E-state index >= 15 is 0 Å². The zero-order valence-electron chi connectivity index (χ0n) is 17.9. The lowest BCUT2D eigenvalue weighted by Gasteiger charge is -2.13. The van der Waals surface area contributed by atoms with Crippen LogP contribution in [0, 0.1) is 10.1 Å². The van der Waals surface area contributed by atoms with Gasteiger partial charge in [0.15, 0.2) is 11.5 Å². The van der Waals surface area contributed by atoms with E-state index in [1.54, 1.807) is 24.3 Å². The minimum absolute atomic E-state index is 0.00150. The number of carbonyl (C=O) groups is 3. The van der Waals surface area contributed by atoms with E-state index in [-0.39, 0.29) is 28.4 Å². The van der Waals surface area contributed by atoms with Gasteiger partial charge < -0.3 is 24.8 Å². The quantitative estimate of drug-likeness (QED) is 0.266. The lowest BCUT2D eigenvalue weighted by molar-refractivity contribution is -0.385. The molecule has 1 aliphatic heterocycles. The molecule has 33 heavy (non-hydrogen) atoms.